The third-order valence-corrected chi connectivity index (χ3v) is 8.90. The lowest BCUT2D eigenvalue weighted by Gasteiger charge is -2.50. The maximum Gasteiger partial charge on any atom is 0.184 e. The van der Waals surface area contributed by atoms with Gasteiger partial charge in [-0.3, -0.25) is 10.1 Å². The van der Waals surface area contributed by atoms with E-state index in [4.69, 9.17) is 15.7 Å². The van der Waals surface area contributed by atoms with Crippen LogP contribution in [0.25, 0.3) is 11.2 Å². The predicted octanol–water partition coefficient (Wildman–Crippen LogP) is 0.205. The first-order chi connectivity index (χ1) is 17.0. The van der Waals surface area contributed by atoms with Crippen LogP contribution in [0.1, 0.15) is 36.4 Å². The number of anilines is 3. The van der Waals surface area contributed by atoms with Gasteiger partial charge < -0.3 is 15.5 Å². The van der Waals surface area contributed by atoms with Crippen molar-refractivity contribution >= 4 is 44.3 Å². The van der Waals surface area contributed by atoms with Gasteiger partial charge in [0.15, 0.2) is 17.0 Å². The highest BCUT2D eigenvalue weighted by atomic mass is 15.4. The molecule has 0 aromatic carbocycles. The van der Waals surface area contributed by atoms with Crippen molar-refractivity contribution in [3.8, 4) is 0 Å². The third kappa shape index (κ3) is 2.80. The normalized spacial score (nSPS) is 22.5. The lowest BCUT2D eigenvalue weighted by molar-refractivity contribution is 0.161. The molecule has 1 atom stereocenters. The standard InChI is InChI=1S/C23H28B2N10/c24-23(25)15-2-6-27-12-14(15)19(26)22(23)4-10-33(11-5-22)16-13-28-18-20(30-16)31-32-21(18)34-8-1-9-35-17(34)3-7-29-35/h2-3,6-7,12-13,19H,1,4-5,8-11,24-26H2,(H,30,31,32)/t19-/m1/s1. The molecule has 10 nitrogen and oxygen atoms in total. The summed E-state index contributed by atoms with van der Waals surface area (Å²) in [7, 11) is 4.69. The first kappa shape index (κ1) is 20.9. The van der Waals surface area contributed by atoms with Gasteiger partial charge in [-0.05, 0) is 41.9 Å². The monoisotopic (exact) mass is 466 g/mol. The number of hydrogen-bond donors (Lipinski definition) is 2. The van der Waals surface area contributed by atoms with Gasteiger partial charge in [0.1, 0.15) is 27.3 Å². The zero-order valence-electron chi connectivity index (χ0n) is 20.1. The van der Waals surface area contributed by atoms with Crippen molar-refractivity contribution in [3.63, 3.8) is 0 Å². The summed E-state index contributed by atoms with van der Waals surface area (Å²) >= 11 is 0. The van der Waals surface area contributed by atoms with E-state index in [0.29, 0.717) is 5.65 Å². The van der Waals surface area contributed by atoms with Crippen LogP contribution < -0.4 is 15.5 Å². The Morgan fingerprint density at radius 1 is 1.06 bits per heavy atom. The number of aromatic nitrogens is 7. The molecule has 12 heteroatoms. The Hall–Kier alpha value is -3.40. The highest BCUT2D eigenvalue weighted by Gasteiger charge is 2.57. The minimum atomic E-state index is 0.00468. The SMILES string of the molecule is BC1(B)c2ccncc2[C@@H](N)C12CCN(c1cnc3c(N4CCCn5nccc54)n[nH]c3n1)CC2. The molecule has 4 aromatic rings. The van der Waals surface area contributed by atoms with Gasteiger partial charge in [0.05, 0.1) is 12.4 Å². The Bertz CT molecular complexity index is 1420. The number of nitrogens with zero attached hydrogens (tertiary/aromatic N) is 8. The predicted molar refractivity (Wildman–Crippen MR) is 139 cm³/mol. The van der Waals surface area contributed by atoms with Crippen molar-refractivity contribution in [2.75, 3.05) is 29.4 Å². The van der Waals surface area contributed by atoms with Crippen LogP contribution in [0.15, 0.2) is 36.9 Å². The van der Waals surface area contributed by atoms with E-state index in [1.807, 2.05) is 35.5 Å². The minimum Gasteiger partial charge on any atom is -0.355 e. The third-order valence-electron chi connectivity index (χ3n) is 8.90. The average Bonchev–Trinajstić information content (AvgIpc) is 3.58. The molecule has 3 aliphatic rings. The van der Waals surface area contributed by atoms with E-state index in [-0.39, 0.29) is 16.7 Å². The molecule has 0 saturated carbocycles. The van der Waals surface area contributed by atoms with Gasteiger partial charge >= 0.3 is 0 Å². The minimum absolute atomic E-state index is 0.00468. The fraction of sp³-hybridized carbons (Fsp3) is 0.435. The van der Waals surface area contributed by atoms with Crippen LogP contribution in [-0.4, -0.2) is 70.3 Å². The van der Waals surface area contributed by atoms with Crippen LogP contribution in [0.4, 0.5) is 17.5 Å². The highest BCUT2D eigenvalue weighted by Crippen LogP contribution is 2.58. The Balaban J connectivity index is 1.15. The Morgan fingerprint density at radius 2 is 1.91 bits per heavy atom. The number of aryl methyl sites for hydroxylation is 1. The summed E-state index contributed by atoms with van der Waals surface area (Å²) in [6.07, 6.45) is 10.6. The van der Waals surface area contributed by atoms with Crippen LogP contribution in [0, 0.1) is 5.41 Å². The van der Waals surface area contributed by atoms with Gasteiger partial charge in [0, 0.05) is 50.7 Å². The Labute approximate surface area is 205 Å². The number of nitrogens with one attached hydrogen (secondary N) is 1. The smallest absolute Gasteiger partial charge is 0.184 e. The highest BCUT2D eigenvalue weighted by molar-refractivity contribution is 6.41. The number of hydrogen-bond acceptors (Lipinski definition) is 8. The van der Waals surface area contributed by atoms with Gasteiger partial charge in [-0.1, -0.05) is 5.21 Å². The number of pyridine rings is 1. The number of rotatable bonds is 2. The number of fused-ring (bicyclic) bond motifs is 3. The molecule has 4 aromatic heterocycles. The van der Waals surface area contributed by atoms with E-state index in [9.17, 15) is 0 Å². The number of nitrogens with two attached hydrogens (primary N) is 1. The van der Waals surface area contributed by atoms with E-state index in [1.54, 1.807) is 0 Å². The summed E-state index contributed by atoms with van der Waals surface area (Å²) in [4.78, 5) is 18.6. The van der Waals surface area contributed by atoms with Crippen molar-refractivity contribution in [3.05, 3.63) is 48.0 Å². The van der Waals surface area contributed by atoms with E-state index < -0.39 is 0 Å². The summed E-state index contributed by atoms with van der Waals surface area (Å²) in [5.74, 6) is 2.74. The first-order valence-corrected chi connectivity index (χ1v) is 12.4. The van der Waals surface area contributed by atoms with Crippen LogP contribution in [0.3, 0.4) is 0 Å². The lowest BCUT2D eigenvalue weighted by Crippen LogP contribution is -2.54. The summed E-state index contributed by atoms with van der Waals surface area (Å²) in [5.41, 5.74) is 11.0. The molecule has 1 aliphatic carbocycles. The number of H-pyrrole nitrogens is 1. The van der Waals surface area contributed by atoms with Gasteiger partial charge in [0.2, 0.25) is 0 Å². The molecule has 2 aliphatic heterocycles. The van der Waals surface area contributed by atoms with E-state index >= 15 is 0 Å². The fourth-order valence-corrected chi connectivity index (χ4v) is 6.80. The average molecular weight is 466 g/mol. The topological polar surface area (TPSA) is 118 Å². The van der Waals surface area contributed by atoms with E-state index in [1.165, 1.54) is 11.1 Å². The van der Waals surface area contributed by atoms with Crippen LogP contribution in [-0.2, 0) is 11.8 Å². The largest absolute Gasteiger partial charge is 0.355 e. The van der Waals surface area contributed by atoms with Crippen molar-refractivity contribution in [1.82, 2.24) is 34.9 Å². The maximum atomic E-state index is 6.88. The van der Waals surface area contributed by atoms with Crippen molar-refractivity contribution in [2.45, 2.75) is 37.1 Å². The molecule has 35 heavy (non-hydrogen) atoms. The van der Waals surface area contributed by atoms with Gasteiger partial charge in [-0.25, -0.2) is 14.6 Å². The van der Waals surface area contributed by atoms with Crippen LogP contribution in [0.5, 0.6) is 0 Å². The molecule has 0 radical (unpaired) electrons. The summed E-state index contributed by atoms with van der Waals surface area (Å²) in [5, 5.41) is 12.1. The van der Waals surface area contributed by atoms with Crippen molar-refractivity contribution < 1.29 is 0 Å². The first-order valence-electron chi connectivity index (χ1n) is 12.4. The molecule has 3 N–H and O–H groups in total. The molecule has 1 saturated heterocycles. The number of aromatic amines is 1. The summed E-state index contributed by atoms with van der Waals surface area (Å²) < 4.78 is 2.01. The molecule has 176 valence electrons. The Kier molecular flexibility index (Phi) is 4.37. The van der Waals surface area contributed by atoms with Gasteiger partial charge in [-0.2, -0.15) is 10.2 Å². The molecule has 7 rings (SSSR count). The summed E-state index contributed by atoms with van der Waals surface area (Å²) in [6.45, 7) is 3.60. The van der Waals surface area contributed by atoms with Crippen molar-refractivity contribution in [1.29, 1.82) is 0 Å². The van der Waals surface area contributed by atoms with Crippen molar-refractivity contribution in [2.24, 2.45) is 11.1 Å². The van der Waals surface area contributed by atoms with Gasteiger partial charge in [-0.15, -0.1) is 0 Å². The molecule has 6 heterocycles. The number of piperidine rings is 1. The van der Waals surface area contributed by atoms with Crippen LogP contribution in [0.2, 0.25) is 0 Å². The maximum absolute atomic E-state index is 6.88. The Morgan fingerprint density at radius 3 is 2.74 bits per heavy atom. The molecule has 0 unspecified atom stereocenters. The molecule has 1 fully saturated rings. The molecule has 0 bridgehead atoms. The second-order valence-corrected chi connectivity index (χ2v) is 10.6. The van der Waals surface area contributed by atoms with E-state index in [0.717, 1.165) is 68.4 Å². The lowest BCUT2D eigenvalue weighted by atomic mass is 9.39. The molecular formula is C23H28B2N10. The zero-order chi connectivity index (χ0) is 23.8. The van der Waals surface area contributed by atoms with E-state index in [2.05, 4.69) is 51.8 Å². The second kappa shape index (κ2) is 7.30. The molecule has 1 spiro atoms. The quantitative estimate of drug-likeness (QED) is 0.403. The molecule has 0 amide bonds. The molecular weight excluding hydrogens is 438 g/mol. The fourth-order valence-electron chi connectivity index (χ4n) is 6.80. The zero-order valence-corrected chi connectivity index (χ0v) is 20.1. The second-order valence-electron chi connectivity index (χ2n) is 10.6. The van der Waals surface area contributed by atoms with Crippen LogP contribution >= 0.6 is 0 Å². The van der Waals surface area contributed by atoms with Gasteiger partial charge in [0.25, 0.3) is 0 Å². The summed E-state index contributed by atoms with van der Waals surface area (Å²) in [6, 6.07) is 4.18.